The molecule has 66 valence electrons. The molecule has 0 aliphatic heterocycles. The van der Waals surface area contributed by atoms with E-state index in [0.29, 0.717) is 5.84 Å². The summed E-state index contributed by atoms with van der Waals surface area (Å²) >= 11 is 1.74. The van der Waals surface area contributed by atoms with Gasteiger partial charge in [-0.3, -0.25) is 0 Å². The van der Waals surface area contributed by atoms with E-state index in [0.717, 1.165) is 18.6 Å². The predicted octanol–water partition coefficient (Wildman–Crippen LogP) is 1.65. The van der Waals surface area contributed by atoms with E-state index in [4.69, 9.17) is 10.9 Å². The zero-order chi connectivity index (χ0) is 8.69. The van der Waals surface area contributed by atoms with Crippen LogP contribution in [-0.2, 0) is 0 Å². The third-order valence-corrected chi connectivity index (χ3v) is 2.96. The molecular weight excluding hydrogens is 160 g/mol. The van der Waals surface area contributed by atoms with Gasteiger partial charge in [0.2, 0.25) is 0 Å². The molecule has 0 aromatic carbocycles. The highest BCUT2D eigenvalue weighted by Gasteiger charge is 2.10. The lowest BCUT2D eigenvalue weighted by Gasteiger charge is -2.10. The van der Waals surface area contributed by atoms with Crippen LogP contribution in [0, 0.1) is 0 Å². The SMILES string of the molecule is CCCSC(CC)C(N)=NO. The van der Waals surface area contributed by atoms with E-state index in [1.54, 1.807) is 11.8 Å². The van der Waals surface area contributed by atoms with Gasteiger partial charge >= 0.3 is 0 Å². The van der Waals surface area contributed by atoms with Crippen LogP contribution in [0.25, 0.3) is 0 Å². The Morgan fingerprint density at radius 3 is 2.64 bits per heavy atom. The van der Waals surface area contributed by atoms with E-state index in [1.807, 2.05) is 6.92 Å². The van der Waals surface area contributed by atoms with Crippen LogP contribution in [0.15, 0.2) is 5.16 Å². The first kappa shape index (κ1) is 10.6. The minimum atomic E-state index is 0.181. The first-order valence-corrected chi connectivity index (χ1v) is 4.90. The fourth-order valence-electron chi connectivity index (χ4n) is 0.737. The molecule has 4 heteroatoms. The molecule has 11 heavy (non-hydrogen) atoms. The minimum Gasteiger partial charge on any atom is -0.409 e. The van der Waals surface area contributed by atoms with Crippen LogP contribution in [0.2, 0.25) is 0 Å². The van der Waals surface area contributed by atoms with Crippen molar-refractivity contribution in [2.45, 2.75) is 31.9 Å². The van der Waals surface area contributed by atoms with Crippen LogP contribution in [0.4, 0.5) is 0 Å². The summed E-state index contributed by atoms with van der Waals surface area (Å²) < 4.78 is 0. The molecular formula is C7H16N2OS. The summed E-state index contributed by atoms with van der Waals surface area (Å²) in [6, 6.07) is 0. The standard InChI is InChI=1S/C7H16N2OS/c1-3-5-11-6(4-2)7(8)9-10/h6,10H,3-5H2,1-2H3,(H2,8,9). The third-order valence-electron chi connectivity index (χ3n) is 1.34. The minimum absolute atomic E-state index is 0.181. The Morgan fingerprint density at radius 2 is 2.27 bits per heavy atom. The summed E-state index contributed by atoms with van der Waals surface area (Å²) in [6.45, 7) is 4.15. The first-order valence-electron chi connectivity index (χ1n) is 3.85. The van der Waals surface area contributed by atoms with Gasteiger partial charge in [0.05, 0.1) is 5.25 Å². The maximum absolute atomic E-state index is 8.39. The highest BCUT2D eigenvalue weighted by Crippen LogP contribution is 2.15. The van der Waals surface area contributed by atoms with Crippen molar-refractivity contribution in [3.8, 4) is 0 Å². The lowest BCUT2D eigenvalue weighted by molar-refractivity contribution is 0.317. The fourth-order valence-corrected chi connectivity index (χ4v) is 1.71. The predicted molar refractivity (Wildman–Crippen MR) is 50.2 cm³/mol. The Labute approximate surface area is 72.0 Å². The van der Waals surface area contributed by atoms with Gasteiger partial charge in [0.15, 0.2) is 5.84 Å². The van der Waals surface area contributed by atoms with Gasteiger partial charge in [-0.05, 0) is 18.6 Å². The van der Waals surface area contributed by atoms with Gasteiger partial charge < -0.3 is 10.9 Å². The van der Waals surface area contributed by atoms with E-state index in [1.165, 1.54) is 0 Å². The molecule has 1 unspecified atom stereocenters. The Kier molecular flexibility index (Phi) is 6.12. The van der Waals surface area contributed by atoms with Crippen molar-refractivity contribution in [1.29, 1.82) is 0 Å². The van der Waals surface area contributed by atoms with Crippen molar-refractivity contribution >= 4 is 17.6 Å². The van der Waals surface area contributed by atoms with Crippen LogP contribution < -0.4 is 5.73 Å². The van der Waals surface area contributed by atoms with Crippen LogP contribution in [0.1, 0.15) is 26.7 Å². The van der Waals surface area contributed by atoms with Gasteiger partial charge in [-0.1, -0.05) is 19.0 Å². The molecule has 0 rings (SSSR count). The number of nitrogens with zero attached hydrogens (tertiary/aromatic N) is 1. The molecule has 0 spiro atoms. The highest BCUT2D eigenvalue weighted by molar-refractivity contribution is 8.00. The van der Waals surface area contributed by atoms with Gasteiger partial charge in [0.1, 0.15) is 0 Å². The maximum atomic E-state index is 8.39. The average molecular weight is 176 g/mol. The van der Waals surface area contributed by atoms with E-state index in [-0.39, 0.29) is 5.25 Å². The number of hydrogen-bond donors (Lipinski definition) is 2. The summed E-state index contributed by atoms with van der Waals surface area (Å²) in [4.78, 5) is 0. The summed E-state index contributed by atoms with van der Waals surface area (Å²) in [6.07, 6.45) is 2.04. The van der Waals surface area contributed by atoms with Gasteiger partial charge in [-0.15, -0.1) is 0 Å². The molecule has 1 atom stereocenters. The molecule has 0 heterocycles. The topological polar surface area (TPSA) is 58.6 Å². The van der Waals surface area contributed by atoms with Crippen LogP contribution in [-0.4, -0.2) is 22.0 Å². The normalized spacial score (nSPS) is 14.9. The van der Waals surface area contributed by atoms with Gasteiger partial charge in [-0.2, -0.15) is 11.8 Å². The maximum Gasteiger partial charge on any atom is 0.152 e. The molecule has 0 bridgehead atoms. The van der Waals surface area contributed by atoms with Crippen molar-refractivity contribution in [1.82, 2.24) is 0 Å². The number of thioether (sulfide) groups is 1. The van der Waals surface area contributed by atoms with Crippen molar-refractivity contribution in [3.63, 3.8) is 0 Å². The molecule has 0 saturated heterocycles. The second-order valence-electron chi connectivity index (χ2n) is 2.29. The lowest BCUT2D eigenvalue weighted by atomic mass is 10.3. The molecule has 0 aliphatic carbocycles. The van der Waals surface area contributed by atoms with E-state index >= 15 is 0 Å². The third kappa shape index (κ3) is 4.14. The largest absolute Gasteiger partial charge is 0.409 e. The summed E-state index contributed by atoms with van der Waals surface area (Å²) in [5.74, 6) is 1.40. The molecule has 0 aromatic heterocycles. The van der Waals surface area contributed by atoms with Gasteiger partial charge in [-0.25, -0.2) is 0 Å². The summed E-state index contributed by atoms with van der Waals surface area (Å²) in [7, 11) is 0. The van der Waals surface area contributed by atoms with Crippen molar-refractivity contribution in [3.05, 3.63) is 0 Å². The zero-order valence-electron chi connectivity index (χ0n) is 7.08. The zero-order valence-corrected chi connectivity index (χ0v) is 7.90. The smallest absolute Gasteiger partial charge is 0.152 e. The Morgan fingerprint density at radius 1 is 1.64 bits per heavy atom. The van der Waals surface area contributed by atoms with Gasteiger partial charge in [0.25, 0.3) is 0 Å². The molecule has 0 fully saturated rings. The molecule has 0 amide bonds. The number of amidine groups is 1. The van der Waals surface area contributed by atoms with Crippen molar-refractivity contribution in [2.75, 3.05) is 5.75 Å². The molecule has 3 nitrogen and oxygen atoms in total. The number of hydrogen-bond acceptors (Lipinski definition) is 3. The Balaban J connectivity index is 3.75. The molecule has 0 aliphatic rings. The summed E-state index contributed by atoms with van der Waals surface area (Å²) in [5, 5.41) is 11.6. The Hall–Kier alpha value is -0.380. The Bertz CT molecular complexity index is 128. The number of nitrogens with two attached hydrogens (primary N) is 1. The fraction of sp³-hybridized carbons (Fsp3) is 0.857. The van der Waals surface area contributed by atoms with Crippen molar-refractivity contribution in [2.24, 2.45) is 10.9 Å². The molecule has 3 N–H and O–H groups in total. The van der Waals surface area contributed by atoms with Gasteiger partial charge in [0, 0.05) is 0 Å². The van der Waals surface area contributed by atoms with Crippen LogP contribution >= 0.6 is 11.8 Å². The molecule has 0 radical (unpaired) electrons. The van der Waals surface area contributed by atoms with Crippen molar-refractivity contribution < 1.29 is 5.21 Å². The number of rotatable bonds is 5. The van der Waals surface area contributed by atoms with Crippen LogP contribution in [0.5, 0.6) is 0 Å². The monoisotopic (exact) mass is 176 g/mol. The first-order chi connectivity index (χ1) is 5.26. The van der Waals surface area contributed by atoms with Crippen LogP contribution in [0.3, 0.4) is 0 Å². The second kappa shape index (κ2) is 6.34. The quantitative estimate of drug-likeness (QED) is 0.290. The average Bonchev–Trinajstić information content (AvgIpc) is 2.05. The molecule has 0 aromatic rings. The number of oxime groups is 1. The van der Waals surface area contributed by atoms with E-state index < -0.39 is 0 Å². The highest BCUT2D eigenvalue weighted by atomic mass is 32.2. The second-order valence-corrected chi connectivity index (χ2v) is 3.60. The lowest BCUT2D eigenvalue weighted by Crippen LogP contribution is -2.25. The summed E-state index contributed by atoms with van der Waals surface area (Å²) in [5.41, 5.74) is 5.45. The van der Waals surface area contributed by atoms with E-state index in [9.17, 15) is 0 Å². The van der Waals surface area contributed by atoms with E-state index in [2.05, 4.69) is 12.1 Å². The molecule has 0 saturated carbocycles.